The Kier molecular flexibility index (Phi) is 12.0. The van der Waals surface area contributed by atoms with Crippen molar-refractivity contribution in [1.29, 1.82) is 0 Å². The van der Waals surface area contributed by atoms with Gasteiger partial charge in [0.15, 0.2) is 0 Å². The van der Waals surface area contributed by atoms with E-state index in [1.54, 1.807) is 0 Å². The van der Waals surface area contributed by atoms with Crippen LogP contribution in [0.5, 0.6) is 0 Å². The first-order valence-corrected chi connectivity index (χ1v) is 13.6. The van der Waals surface area contributed by atoms with Crippen molar-refractivity contribution in [2.45, 2.75) is 89.9 Å². The molecule has 160 valence electrons. The molecule has 0 unspecified atom stereocenters. The number of hydrogen-bond acceptors (Lipinski definition) is 4. The molecule has 0 aromatic heterocycles. The summed E-state index contributed by atoms with van der Waals surface area (Å²) in [6.45, 7) is 7.51. The van der Waals surface area contributed by atoms with Crippen LogP contribution in [0.15, 0.2) is 0 Å². The number of nitrogens with zero attached hydrogens (tertiary/aromatic N) is 2. The van der Waals surface area contributed by atoms with Crippen LogP contribution < -0.4 is 0 Å². The Morgan fingerprint density at radius 3 is 1.26 bits per heavy atom. The van der Waals surface area contributed by atoms with Crippen LogP contribution in [-0.2, 0) is 9.84 Å². The molecule has 5 heteroatoms. The van der Waals surface area contributed by atoms with Gasteiger partial charge in [0.1, 0.15) is 9.84 Å². The van der Waals surface area contributed by atoms with Crippen LogP contribution in [0.3, 0.4) is 0 Å². The molecular weight excluding hydrogens is 356 g/mol. The van der Waals surface area contributed by atoms with Crippen molar-refractivity contribution in [3.05, 3.63) is 0 Å². The standard InChI is InChI=1S/C22H44N2O2S/c25-27(26,21-13-3-1-7-15-23-17-9-5-10-18-23)22-14-4-2-8-16-24-19-11-6-12-20-24/h1-22H2. The van der Waals surface area contributed by atoms with Crippen LogP contribution in [0.1, 0.15) is 89.9 Å². The lowest BCUT2D eigenvalue weighted by molar-refractivity contribution is 0.224. The second-order valence-corrected chi connectivity index (χ2v) is 11.1. The van der Waals surface area contributed by atoms with Gasteiger partial charge in [-0.15, -0.1) is 0 Å². The summed E-state index contributed by atoms with van der Waals surface area (Å²) in [6.07, 6.45) is 16.9. The second kappa shape index (κ2) is 13.9. The molecule has 0 spiro atoms. The molecule has 2 aliphatic heterocycles. The van der Waals surface area contributed by atoms with E-state index in [9.17, 15) is 8.42 Å². The molecule has 0 atom stereocenters. The number of likely N-dealkylation sites (tertiary alicyclic amines) is 2. The lowest BCUT2D eigenvalue weighted by atomic mass is 10.1. The Hall–Kier alpha value is -0.130. The fourth-order valence-corrected chi connectivity index (χ4v) is 5.98. The minimum absolute atomic E-state index is 0.407. The monoisotopic (exact) mass is 400 g/mol. The van der Waals surface area contributed by atoms with E-state index < -0.39 is 9.84 Å². The van der Waals surface area contributed by atoms with Crippen LogP contribution in [-0.4, -0.2) is 69.0 Å². The van der Waals surface area contributed by atoms with Crippen molar-refractivity contribution in [2.24, 2.45) is 0 Å². The van der Waals surface area contributed by atoms with Crippen molar-refractivity contribution in [2.75, 3.05) is 50.8 Å². The smallest absolute Gasteiger partial charge is 0.150 e. The fourth-order valence-electron chi connectivity index (χ4n) is 4.49. The summed E-state index contributed by atoms with van der Waals surface area (Å²) in [4.78, 5) is 5.15. The third kappa shape index (κ3) is 11.5. The molecule has 2 rings (SSSR count). The van der Waals surface area contributed by atoms with Gasteiger partial charge in [-0.25, -0.2) is 8.42 Å². The topological polar surface area (TPSA) is 40.6 Å². The van der Waals surface area contributed by atoms with E-state index in [-0.39, 0.29) is 0 Å². The molecule has 0 amide bonds. The van der Waals surface area contributed by atoms with Gasteiger partial charge in [0.05, 0.1) is 11.5 Å². The Bertz CT molecular complexity index is 419. The zero-order chi connectivity index (χ0) is 19.2. The quantitative estimate of drug-likeness (QED) is 0.403. The van der Waals surface area contributed by atoms with Gasteiger partial charge in [0.25, 0.3) is 0 Å². The maximum Gasteiger partial charge on any atom is 0.150 e. The molecule has 0 aromatic carbocycles. The average molecular weight is 401 g/mol. The number of hydrogen-bond donors (Lipinski definition) is 0. The van der Waals surface area contributed by atoms with Gasteiger partial charge in [-0.05, 0) is 90.6 Å². The summed E-state index contributed by atoms with van der Waals surface area (Å²) in [5, 5.41) is 0. The predicted molar refractivity (Wildman–Crippen MR) is 116 cm³/mol. The van der Waals surface area contributed by atoms with Gasteiger partial charge in [0.2, 0.25) is 0 Å². The molecule has 0 saturated carbocycles. The molecule has 4 nitrogen and oxygen atoms in total. The van der Waals surface area contributed by atoms with Crippen LogP contribution in [0.25, 0.3) is 0 Å². The van der Waals surface area contributed by atoms with E-state index in [0.717, 1.165) is 25.7 Å². The summed E-state index contributed by atoms with van der Waals surface area (Å²) in [6, 6.07) is 0. The molecule has 27 heavy (non-hydrogen) atoms. The molecule has 0 aromatic rings. The summed E-state index contributed by atoms with van der Waals surface area (Å²) in [5.41, 5.74) is 0. The van der Waals surface area contributed by atoms with E-state index in [1.165, 1.54) is 103 Å². The number of rotatable bonds is 14. The minimum Gasteiger partial charge on any atom is -0.303 e. The molecule has 2 heterocycles. The van der Waals surface area contributed by atoms with Gasteiger partial charge < -0.3 is 9.80 Å². The first-order valence-electron chi connectivity index (χ1n) is 11.8. The van der Waals surface area contributed by atoms with Crippen LogP contribution in [0, 0.1) is 0 Å². The summed E-state index contributed by atoms with van der Waals surface area (Å²) < 4.78 is 24.3. The SMILES string of the molecule is O=S(=O)(CCCCCCN1CCCCC1)CCCCCCN1CCCCC1. The van der Waals surface area contributed by atoms with Crippen molar-refractivity contribution < 1.29 is 8.42 Å². The van der Waals surface area contributed by atoms with Gasteiger partial charge in [-0.1, -0.05) is 38.5 Å². The fraction of sp³-hybridized carbons (Fsp3) is 1.00. The third-order valence-corrected chi connectivity index (χ3v) is 8.08. The number of unbranched alkanes of at least 4 members (excludes halogenated alkanes) is 6. The minimum atomic E-state index is -2.82. The Balaban J connectivity index is 1.38. The maximum atomic E-state index is 12.2. The zero-order valence-corrected chi connectivity index (χ0v) is 18.5. The molecule has 2 aliphatic rings. The molecule has 0 bridgehead atoms. The van der Waals surface area contributed by atoms with E-state index in [2.05, 4.69) is 9.80 Å². The Labute approximate surface area is 169 Å². The number of sulfone groups is 1. The van der Waals surface area contributed by atoms with Crippen LogP contribution >= 0.6 is 0 Å². The highest BCUT2D eigenvalue weighted by Gasteiger charge is 2.12. The average Bonchev–Trinajstić information content (AvgIpc) is 2.69. The molecule has 2 saturated heterocycles. The van der Waals surface area contributed by atoms with Gasteiger partial charge in [-0.3, -0.25) is 0 Å². The first-order chi connectivity index (χ1) is 13.2. The van der Waals surface area contributed by atoms with Gasteiger partial charge in [0, 0.05) is 0 Å². The molecule has 2 fully saturated rings. The predicted octanol–water partition coefficient (Wildman–Crippen LogP) is 4.49. The van der Waals surface area contributed by atoms with Crippen molar-refractivity contribution in [3.8, 4) is 0 Å². The Morgan fingerprint density at radius 1 is 0.481 bits per heavy atom. The van der Waals surface area contributed by atoms with Gasteiger partial charge in [-0.2, -0.15) is 0 Å². The highest BCUT2D eigenvalue weighted by molar-refractivity contribution is 7.91. The van der Waals surface area contributed by atoms with Crippen LogP contribution in [0.2, 0.25) is 0 Å². The van der Waals surface area contributed by atoms with Crippen LogP contribution in [0.4, 0.5) is 0 Å². The van der Waals surface area contributed by atoms with Crippen molar-refractivity contribution in [1.82, 2.24) is 9.80 Å². The third-order valence-electron chi connectivity index (χ3n) is 6.26. The summed E-state index contributed by atoms with van der Waals surface area (Å²) in [7, 11) is -2.82. The highest BCUT2D eigenvalue weighted by Crippen LogP contribution is 2.13. The van der Waals surface area contributed by atoms with E-state index in [1.807, 2.05) is 0 Å². The molecule has 0 radical (unpaired) electrons. The van der Waals surface area contributed by atoms with Gasteiger partial charge >= 0.3 is 0 Å². The van der Waals surface area contributed by atoms with Crippen molar-refractivity contribution in [3.63, 3.8) is 0 Å². The maximum absolute atomic E-state index is 12.2. The zero-order valence-electron chi connectivity index (χ0n) is 17.7. The normalized spacial score (nSPS) is 20.1. The van der Waals surface area contributed by atoms with Crippen molar-refractivity contribution >= 4 is 9.84 Å². The summed E-state index contributed by atoms with van der Waals surface area (Å²) in [5.74, 6) is 0.814. The second-order valence-electron chi connectivity index (χ2n) is 8.78. The Morgan fingerprint density at radius 2 is 0.852 bits per heavy atom. The molecule has 0 aliphatic carbocycles. The molecule has 0 N–H and O–H groups in total. The summed E-state index contributed by atoms with van der Waals surface area (Å²) >= 11 is 0. The number of piperidine rings is 2. The highest BCUT2D eigenvalue weighted by atomic mass is 32.2. The molecular formula is C22H44N2O2S. The lowest BCUT2D eigenvalue weighted by Gasteiger charge is -2.26. The van der Waals surface area contributed by atoms with E-state index in [4.69, 9.17) is 0 Å². The van der Waals surface area contributed by atoms with E-state index in [0.29, 0.717) is 11.5 Å². The largest absolute Gasteiger partial charge is 0.303 e. The van der Waals surface area contributed by atoms with E-state index >= 15 is 0 Å². The first kappa shape index (κ1) is 23.2. The lowest BCUT2D eigenvalue weighted by Crippen LogP contribution is -2.30.